The third kappa shape index (κ3) is 5.31. The van der Waals surface area contributed by atoms with Crippen LogP contribution in [-0.4, -0.2) is 56.6 Å². The Morgan fingerprint density at radius 2 is 1.68 bits per heavy atom. The average Bonchev–Trinajstić information content (AvgIpc) is 3.20. The minimum Gasteiger partial charge on any atom is -0.302 e. The molecule has 0 bridgehead atoms. The van der Waals surface area contributed by atoms with Gasteiger partial charge in [-0.15, -0.1) is 0 Å². The summed E-state index contributed by atoms with van der Waals surface area (Å²) in [7, 11) is -3.31. The van der Waals surface area contributed by atoms with Crippen molar-refractivity contribution in [2.45, 2.75) is 32.1 Å². The maximum atomic E-state index is 13.5. The van der Waals surface area contributed by atoms with Crippen molar-refractivity contribution in [3.8, 4) is 0 Å². The van der Waals surface area contributed by atoms with E-state index in [4.69, 9.17) is 4.98 Å². The molecule has 0 N–H and O–H groups in total. The Kier molecular flexibility index (Phi) is 7.46. The third-order valence-electron chi connectivity index (χ3n) is 5.41. The molecular formula is C23H29N3O3S2. The van der Waals surface area contributed by atoms with Gasteiger partial charge in [-0.2, -0.15) is 0 Å². The number of benzene rings is 2. The Morgan fingerprint density at radius 1 is 1.00 bits per heavy atom. The lowest BCUT2D eigenvalue weighted by Crippen LogP contribution is -2.38. The van der Waals surface area contributed by atoms with Crippen molar-refractivity contribution in [3.63, 3.8) is 0 Å². The molecule has 1 heterocycles. The fourth-order valence-corrected chi connectivity index (χ4v) is 5.13. The quantitative estimate of drug-likeness (QED) is 0.478. The van der Waals surface area contributed by atoms with Gasteiger partial charge in [0.1, 0.15) is 0 Å². The summed E-state index contributed by atoms with van der Waals surface area (Å²) in [5.74, 6) is -0.177. The zero-order valence-corrected chi connectivity index (χ0v) is 20.1. The minimum absolute atomic E-state index is 0.177. The Morgan fingerprint density at radius 3 is 2.26 bits per heavy atom. The number of hydrogen-bond acceptors (Lipinski definition) is 6. The lowest BCUT2D eigenvalue weighted by Gasteiger charge is -2.24. The number of carbonyl (C=O) groups excluding carboxylic acids is 1. The largest absolute Gasteiger partial charge is 0.302 e. The molecule has 0 atom stereocenters. The number of anilines is 1. The lowest BCUT2D eigenvalue weighted by molar-refractivity contribution is 0.0983. The number of thiazole rings is 1. The van der Waals surface area contributed by atoms with E-state index in [1.807, 2.05) is 12.1 Å². The number of para-hydroxylation sites is 1. The van der Waals surface area contributed by atoms with Crippen LogP contribution in [0.2, 0.25) is 0 Å². The molecule has 0 aliphatic rings. The van der Waals surface area contributed by atoms with Crippen molar-refractivity contribution < 1.29 is 13.2 Å². The number of fused-ring (bicyclic) bond motifs is 1. The van der Waals surface area contributed by atoms with Gasteiger partial charge in [0.25, 0.3) is 5.91 Å². The third-order valence-corrected chi connectivity index (χ3v) is 7.58. The van der Waals surface area contributed by atoms with E-state index in [-0.39, 0.29) is 10.8 Å². The number of aromatic nitrogens is 1. The SMILES string of the molecule is CCc1cccc2sc(N(CCN(CC)CC)C(=O)c3ccc(S(C)(=O)=O)cc3)nc12. The Bertz CT molecular complexity index is 1150. The van der Waals surface area contributed by atoms with E-state index in [1.54, 1.807) is 17.0 Å². The predicted octanol–water partition coefficient (Wildman–Crippen LogP) is 4.25. The van der Waals surface area contributed by atoms with Crippen LogP contribution < -0.4 is 4.90 Å². The smallest absolute Gasteiger partial charge is 0.260 e. The van der Waals surface area contributed by atoms with E-state index in [1.165, 1.54) is 23.5 Å². The molecule has 3 aromatic rings. The molecule has 0 radical (unpaired) electrons. The highest BCUT2D eigenvalue weighted by Crippen LogP contribution is 2.32. The van der Waals surface area contributed by atoms with Gasteiger partial charge in [-0.3, -0.25) is 9.69 Å². The van der Waals surface area contributed by atoms with Crippen molar-refractivity contribution in [2.75, 3.05) is 37.3 Å². The first-order valence-corrected chi connectivity index (χ1v) is 13.2. The summed E-state index contributed by atoms with van der Waals surface area (Å²) in [4.78, 5) is 22.5. The van der Waals surface area contributed by atoms with Crippen LogP contribution in [0.4, 0.5) is 5.13 Å². The van der Waals surface area contributed by atoms with Crippen LogP contribution in [0.5, 0.6) is 0 Å². The molecule has 1 amide bonds. The maximum absolute atomic E-state index is 13.5. The Balaban J connectivity index is 1.99. The molecule has 0 aliphatic heterocycles. The summed E-state index contributed by atoms with van der Waals surface area (Å²) in [5, 5.41) is 0.667. The number of hydrogen-bond donors (Lipinski definition) is 0. The molecule has 0 unspecified atom stereocenters. The van der Waals surface area contributed by atoms with Crippen molar-refractivity contribution in [2.24, 2.45) is 0 Å². The number of carbonyl (C=O) groups is 1. The molecular weight excluding hydrogens is 430 g/mol. The number of aryl methyl sites for hydroxylation is 1. The number of nitrogens with zero attached hydrogens (tertiary/aromatic N) is 3. The van der Waals surface area contributed by atoms with Gasteiger partial charge in [-0.05, 0) is 55.4 Å². The number of likely N-dealkylation sites (N-methyl/N-ethyl adjacent to an activating group) is 1. The van der Waals surface area contributed by atoms with Crippen LogP contribution >= 0.6 is 11.3 Å². The summed E-state index contributed by atoms with van der Waals surface area (Å²) in [6, 6.07) is 12.2. The van der Waals surface area contributed by atoms with Gasteiger partial charge in [0.2, 0.25) is 0 Å². The first-order valence-electron chi connectivity index (χ1n) is 10.5. The number of rotatable bonds is 9. The second kappa shape index (κ2) is 9.89. The first-order chi connectivity index (χ1) is 14.8. The van der Waals surface area contributed by atoms with Crippen molar-refractivity contribution in [1.82, 2.24) is 9.88 Å². The first kappa shape index (κ1) is 23.4. The fraction of sp³-hybridized carbons (Fsp3) is 0.391. The van der Waals surface area contributed by atoms with Crippen LogP contribution in [0.1, 0.15) is 36.7 Å². The second-order valence-corrected chi connectivity index (χ2v) is 10.4. The van der Waals surface area contributed by atoms with Crippen LogP contribution in [0.15, 0.2) is 47.4 Å². The summed E-state index contributed by atoms with van der Waals surface area (Å²) in [6.07, 6.45) is 2.04. The minimum atomic E-state index is -3.31. The van der Waals surface area contributed by atoms with Gasteiger partial charge in [-0.1, -0.05) is 44.2 Å². The molecule has 0 spiro atoms. The molecule has 6 nitrogen and oxygen atoms in total. The van der Waals surface area contributed by atoms with Crippen LogP contribution in [0, 0.1) is 0 Å². The highest BCUT2D eigenvalue weighted by Gasteiger charge is 2.23. The van der Waals surface area contributed by atoms with E-state index >= 15 is 0 Å². The van der Waals surface area contributed by atoms with Crippen LogP contribution in [0.3, 0.4) is 0 Å². The average molecular weight is 460 g/mol. The van der Waals surface area contributed by atoms with E-state index in [0.717, 1.165) is 48.1 Å². The highest BCUT2D eigenvalue weighted by molar-refractivity contribution is 7.90. The lowest BCUT2D eigenvalue weighted by atomic mass is 10.1. The molecule has 0 aliphatic carbocycles. The predicted molar refractivity (Wildman–Crippen MR) is 128 cm³/mol. The van der Waals surface area contributed by atoms with Gasteiger partial charge >= 0.3 is 0 Å². The van der Waals surface area contributed by atoms with Crippen molar-refractivity contribution in [3.05, 3.63) is 53.6 Å². The van der Waals surface area contributed by atoms with Gasteiger partial charge in [0, 0.05) is 24.9 Å². The molecule has 2 aromatic carbocycles. The fourth-order valence-electron chi connectivity index (χ4n) is 3.46. The van der Waals surface area contributed by atoms with Crippen LogP contribution in [0.25, 0.3) is 10.2 Å². The number of sulfone groups is 1. The van der Waals surface area contributed by atoms with Gasteiger partial charge in [-0.25, -0.2) is 13.4 Å². The molecule has 166 valence electrons. The molecule has 8 heteroatoms. The Labute approximate surface area is 188 Å². The van der Waals surface area contributed by atoms with Gasteiger partial charge < -0.3 is 4.90 Å². The van der Waals surface area contributed by atoms with E-state index in [9.17, 15) is 13.2 Å². The molecule has 0 fully saturated rings. The van der Waals surface area contributed by atoms with Crippen LogP contribution in [-0.2, 0) is 16.3 Å². The zero-order valence-electron chi connectivity index (χ0n) is 18.5. The van der Waals surface area contributed by atoms with Crippen molar-refractivity contribution >= 4 is 42.4 Å². The summed E-state index contributed by atoms with van der Waals surface area (Å²) in [6.45, 7) is 9.35. The molecule has 1 aromatic heterocycles. The molecule has 3 rings (SSSR count). The van der Waals surface area contributed by atoms with Gasteiger partial charge in [0.05, 0.1) is 15.1 Å². The van der Waals surface area contributed by atoms with E-state index < -0.39 is 9.84 Å². The maximum Gasteiger partial charge on any atom is 0.260 e. The summed E-state index contributed by atoms with van der Waals surface area (Å²) >= 11 is 1.51. The monoisotopic (exact) mass is 459 g/mol. The normalized spacial score (nSPS) is 11.9. The highest BCUT2D eigenvalue weighted by atomic mass is 32.2. The molecule has 31 heavy (non-hydrogen) atoms. The summed E-state index contributed by atoms with van der Waals surface area (Å²) in [5.41, 5.74) is 2.55. The topological polar surface area (TPSA) is 70.6 Å². The molecule has 0 saturated carbocycles. The van der Waals surface area contributed by atoms with E-state index in [2.05, 4.69) is 31.7 Å². The van der Waals surface area contributed by atoms with Gasteiger partial charge in [0.15, 0.2) is 15.0 Å². The standard InChI is InChI=1S/C23H29N3O3S2/c1-5-17-9-8-10-20-21(17)24-23(30-20)26(16-15-25(6-2)7-3)22(27)18-11-13-19(14-12-18)31(4,28)29/h8-14H,5-7,15-16H2,1-4H3. The number of amides is 1. The molecule has 0 saturated heterocycles. The van der Waals surface area contributed by atoms with E-state index in [0.29, 0.717) is 17.2 Å². The Hall–Kier alpha value is -2.29. The second-order valence-electron chi connectivity index (χ2n) is 7.39. The zero-order chi connectivity index (χ0) is 22.6. The summed E-state index contributed by atoms with van der Waals surface area (Å²) < 4.78 is 24.6. The van der Waals surface area contributed by atoms with Crippen molar-refractivity contribution in [1.29, 1.82) is 0 Å².